The normalized spacial score (nSPS) is 23.3. The molecule has 2 aromatic carbocycles. The average Bonchev–Trinajstić information content (AvgIpc) is 3.33. The van der Waals surface area contributed by atoms with Gasteiger partial charge in [-0.2, -0.15) is 0 Å². The smallest absolute Gasteiger partial charge is 0.361 e. The van der Waals surface area contributed by atoms with Gasteiger partial charge in [0.05, 0.1) is 6.54 Å². The van der Waals surface area contributed by atoms with E-state index < -0.39 is 0 Å². The number of H-pyrrole nitrogens is 1. The van der Waals surface area contributed by atoms with E-state index in [2.05, 4.69) is 90.1 Å². The molecule has 5 rings (SSSR count). The number of carbonyl (C=O) groups is 1. The van der Waals surface area contributed by atoms with Gasteiger partial charge in [0.1, 0.15) is 0 Å². The molecule has 0 saturated heterocycles. The average molecular weight is 473 g/mol. The maximum atomic E-state index is 12.5. The topological polar surface area (TPSA) is 60.6 Å². The van der Waals surface area contributed by atoms with Crippen LogP contribution in [0.1, 0.15) is 43.2 Å². The molecule has 1 aliphatic heterocycles. The molecule has 3 aromatic rings. The number of amides is 1. The van der Waals surface area contributed by atoms with Gasteiger partial charge >= 0.3 is 6.09 Å². The fourth-order valence-corrected chi connectivity index (χ4v) is 5.79. The van der Waals surface area contributed by atoms with E-state index in [1.165, 1.54) is 22.1 Å². The lowest BCUT2D eigenvalue weighted by molar-refractivity contribution is -0.0917. The number of hydrogen-bond acceptors (Lipinski definition) is 4. The highest BCUT2D eigenvalue weighted by Crippen LogP contribution is 2.42. The number of nitrogens with one attached hydrogen (secondary N) is 2. The Bertz CT molecular complexity index is 1180. The number of hydrogen-bond donors (Lipinski definition) is 2. The van der Waals surface area contributed by atoms with E-state index in [0.717, 1.165) is 37.6 Å². The Hall–Kier alpha value is -3.09. The first-order chi connectivity index (χ1) is 17.0. The van der Waals surface area contributed by atoms with Crippen molar-refractivity contribution < 1.29 is 9.63 Å². The van der Waals surface area contributed by atoms with E-state index in [9.17, 15) is 4.79 Å². The zero-order valence-electron chi connectivity index (χ0n) is 20.8. The van der Waals surface area contributed by atoms with Crippen molar-refractivity contribution in [3.63, 3.8) is 0 Å². The number of nitrogens with zero attached hydrogens (tertiary/aromatic N) is 2. The van der Waals surface area contributed by atoms with Crippen LogP contribution in [-0.2, 0) is 10.4 Å². The minimum absolute atomic E-state index is 0.0842. The summed E-state index contributed by atoms with van der Waals surface area (Å²) in [5, 5.41) is 6.01. The molecule has 184 valence electrons. The van der Waals surface area contributed by atoms with Crippen molar-refractivity contribution in [1.82, 2.24) is 20.3 Å². The molecular weight excluding hydrogens is 436 g/mol. The van der Waals surface area contributed by atoms with Gasteiger partial charge in [-0.25, -0.2) is 4.79 Å². The largest absolute Gasteiger partial charge is 0.426 e. The van der Waals surface area contributed by atoms with E-state index in [4.69, 9.17) is 4.84 Å². The van der Waals surface area contributed by atoms with E-state index in [1.54, 1.807) is 5.06 Å². The lowest BCUT2D eigenvalue weighted by Crippen LogP contribution is -2.46. The molecule has 2 heterocycles. The van der Waals surface area contributed by atoms with E-state index >= 15 is 0 Å². The molecule has 1 fully saturated rings. The lowest BCUT2D eigenvalue weighted by Gasteiger charge is -2.45. The van der Waals surface area contributed by atoms with E-state index in [0.29, 0.717) is 25.6 Å². The Morgan fingerprint density at radius 2 is 1.86 bits per heavy atom. The first kappa shape index (κ1) is 23.6. The van der Waals surface area contributed by atoms with Crippen molar-refractivity contribution in [3.8, 4) is 0 Å². The number of rotatable bonds is 6. The van der Waals surface area contributed by atoms with Gasteiger partial charge in [0, 0.05) is 41.3 Å². The SMILES string of the molecule is CN(C)C1(c2ccccc2)CCC(CNC(=O)ON2CC=C(c3c[nH]c4ccccc34)CC2)CC1. The number of benzene rings is 2. The van der Waals surface area contributed by atoms with Crippen molar-refractivity contribution in [2.24, 2.45) is 5.92 Å². The van der Waals surface area contributed by atoms with Gasteiger partial charge in [0.25, 0.3) is 0 Å². The van der Waals surface area contributed by atoms with Crippen LogP contribution >= 0.6 is 0 Å². The van der Waals surface area contributed by atoms with Gasteiger partial charge in [0.15, 0.2) is 0 Å². The predicted molar refractivity (Wildman–Crippen MR) is 141 cm³/mol. The Morgan fingerprint density at radius 3 is 2.57 bits per heavy atom. The highest BCUT2D eigenvalue weighted by atomic mass is 16.7. The molecule has 2 N–H and O–H groups in total. The van der Waals surface area contributed by atoms with Crippen LogP contribution in [0.4, 0.5) is 4.79 Å². The summed E-state index contributed by atoms with van der Waals surface area (Å²) in [5.74, 6) is 0.481. The molecule has 0 radical (unpaired) electrons. The zero-order valence-corrected chi connectivity index (χ0v) is 20.8. The molecule has 1 aliphatic carbocycles. The molecule has 1 amide bonds. The Kier molecular flexibility index (Phi) is 6.93. The summed E-state index contributed by atoms with van der Waals surface area (Å²) in [6, 6.07) is 19.2. The summed E-state index contributed by atoms with van der Waals surface area (Å²) in [7, 11) is 4.36. The Morgan fingerprint density at radius 1 is 1.11 bits per heavy atom. The summed E-state index contributed by atoms with van der Waals surface area (Å²) in [6.45, 7) is 1.97. The molecule has 0 bridgehead atoms. The third-order valence-electron chi connectivity index (χ3n) is 7.95. The second-order valence-corrected chi connectivity index (χ2v) is 10.1. The number of aromatic amines is 1. The molecular formula is C29H36N4O2. The first-order valence-corrected chi connectivity index (χ1v) is 12.7. The van der Waals surface area contributed by atoms with Crippen LogP contribution in [0.15, 0.2) is 66.9 Å². The summed E-state index contributed by atoms with van der Waals surface area (Å²) in [4.78, 5) is 23.8. The fourth-order valence-electron chi connectivity index (χ4n) is 5.79. The van der Waals surface area contributed by atoms with Crippen molar-refractivity contribution in [2.75, 3.05) is 33.7 Å². The van der Waals surface area contributed by atoms with Crippen LogP contribution in [0.2, 0.25) is 0 Å². The summed E-state index contributed by atoms with van der Waals surface area (Å²) < 4.78 is 0. The zero-order chi connectivity index (χ0) is 24.3. The summed E-state index contributed by atoms with van der Waals surface area (Å²) in [5.41, 5.74) is 5.16. The van der Waals surface area contributed by atoms with Crippen molar-refractivity contribution in [2.45, 2.75) is 37.6 Å². The third-order valence-corrected chi connectivity index (χ3v) is 7.95. The molecule has 0 unspecified atom stereocenters. The van der Waals surface area contributed by atoms with Crippen molar-refractivity contribution in [3.05, 3.63) is 78.0 Å². The van der Waals surface area contributed by atoms with Gasteiger partial charge < -0.3 is 15.1 Å². The minimum Gasteiger partial charge on any atom is -0.361 e. The number of para-hydroxylation sites is 1. The van der Waals surface area contributed by atoms with Crippen molar-refractivity contribution >= 4 is 22.6 Å². The Balaban J connectivity index is 1.09. The highest BCUT2D eigenvalue weighted by molar-refractivity contribution is 5.92. The summed E-state index contributed by atoms with van der Waals surface area (Å²) in [6.07, 6.45) is 9.12. The molecule has 2 aliphatic rings. The molecule has 6 nitrogen and oxygen atoms in total. The van der Waals surface area contributed by atoms with E-state index in [1.807, 2.05) is 6.07 Å². The standard InChI is InChI=1S/C29H36N4O2/c1-32(2)29(24-8-4-3-5-9-24)16-12-22(13-17-29)20-31-28(34)35-33-18-14-23(15-19-33)26-21-30-27-11-7-6-10-25(26)27/h3-11,14,21-22,30H,12-13,15-20H2,1-2H3,(H,31,34). The van der Waals surface area contributed by atoms with Crippen LogP contribution in [0.25, 0.3) is 16.5 Å². The number of hydroxylamine groups is 2. The molecule has 6 heteroatoms. The van der Waals surface area contributed by atoms with Gasteiger partial charge in [-0.3, -0.25) is 4.90 Å². The molecule has 1 aromatic heterocycles. The van der Waals surface area contributed by atoms with Crippen molar-refractivity contribution in [1.29, 1.82) is 0 Å². The van der Waals surface area contributed by atoms with Gasteiger partial charge in [-0.05, 0) is 69.3 Å². The van der Waals surface area contributed by atoms with Gasteiger partial charge in [-0.1, -0.05) is 54.6 Å². The fraction of sp³-hybridized carbons (Fsp3) is 0.414. The van der Waals surface area contributed by atoms with E-state index in [-0.39, 0.29) is 11.6 Å². The van der Waals surface area contributed by atoms with Crippen LogP contribution in [0.3, 0.4) is 0 Å². The monoisotopic (exact) mass is 472 g/mol. The van der Waals surface area contributed by atoms with Crippen LogP contribution in [-0.4, -0.2) is 54.8 Å². The maximum Gasteiger partial charge on any atom is 0.426 e. The lowest BCUT2D eigenvalue weighted by atomic mass is 9.72. The third kappa shape index (κ3) is 5.00. The van der Waals surface area contributed by atoms with Crippen LogP contribution in [0, 0.1) is 5.92 Å². The van der Waals surface area contributed by atoms with Crippen LogP contribution < -0.4 is 5.32 Å². The van der Waals surface area contributed by atoms with Gasteiger partial charge in [0.2, 0.25) is 0 Å². The molecule has 35 heavy (non-hydrogen) atoms. The second kappa shape index (κ2) is 10.3. The predicted octanol–water partition coefficient (Wildman–Crippen LogP) is 5.55. The van der Waals surface area contributed by atoms with Crippen LogP contribution in [0.5, 0.6) is 0 Å². The quantitative estimate of drug-likeness (QED) is 0.494. The molecule has 1 saturated carbocycles. The van der Waals surface area contributed by atoms with Gasteiger partial charge in [-0.15, -0.1) is 5.06 Å². The number of fused-ring (bicyclic) bond motifs is 1. The minimum atomic E-state index is -0.346. The molecule has 0 atom stereocenters. The first-order valence-electron chi connectivity index (χ1n) is 12.7. The number of carbonyl (C=O) groups excluding carboxylic acids is 1. The Labute approximate surface area is 207 Å². The highest BCUT2D eigenvalue weighted by Gasteiger charge is 2.38. The molecule has 0 spiro atoms. The second-order valence-electron chi connectivity index (χ2n) is 10.1. The number of aromatic nitrogens is 1. The maximum absolute atomic E-state index is 12.5. The summed E-state index contributed by atoms with van der Waals surface area (Å²) >= 11 is 0.